The smallest absolute Gasteiger partial charge is 0.242 e. The fourth-order valence-electron chi connectivity index (χ4n) is 1.74. The van der Waals surface area contributed by atoms with Crippen LogP contribution in [0.1, 0.15) is 6.92 Å². The first-order valence-corrected chi connectivity index (χ1v) is 5.98. The van der Waals surface area contributed by atoms with E-state index in [0.717, 1.165) is 17.4 Å². The van der Waals surface area contributed by atoms with Crippen molar-refractivity contribution in [2.45, 2.75) is 13.5 Å². The summed E-state index contributed by atoms with van der Waals surface area (Å²) in [7, 11) is 1.81. The highest BCUT2D eigenvalue weighted by atomic mass is 35.5. The van der Waals surface area contributed by atoms with Crippen LogP contribution >= 0.6 is 11.6 Å². The van der Waals surface area contributed by atoms with Gasteiger partial charge >= 0.3 is 0 Å². The number of hydrogen-bond donors (Lipinski definition) is 0. The van der Waals surface area contributed by atoms with E-state index >= 15 is 0 Å². The Morgan fingerprint density at radius 1 is 1.41 bits per heavy atom. The van der Waals surface area contributed by atoms with Gasteiger partial charge < -0.3 is 9.47 Å². The van der Waals surface area contributed by atoms with Gasteiger partial charge in [0.1, 0.15) is 6.54 Å². The molecule has 0 spiro atoms. The molecule has 0 aliphatic carbocycles. The predicted molar refractivity (Wildman–Crippen MR) is 70.3 cm³/mol. The van der Waals surface area contributed by atoms with Crippen molar-refractivity contribution >= 4 is 28.4 Å². The van der Waals surface area contributed by atoms with Crippen LogP contribution in [0.5, 0.6) is 0 Å². The lowest BCUT2D eigenvalue weighted by molar-refractivity contribution is -0.130. The molecular weight excluding hydrogens is 236 g/mol. The molecule has 0 aliphatic heterocycles. The molecule has 0 saturated carbocycles. The van der Waals surface area contributed by atoms with E-state index < -0.39 is 0 Å². The van der Waals surface area contributed by atoms with Gasteiger partial charge in [-0.3, -0.25) is 4.79 Å². The highest BCUT2D eigenvalue weighted by Crippen LogP contribution is 2.20. The lowest BCUT2D eigenvalue weighted by atomic mass is 10.2. The third-order valence-corrected chi connectivity index (χ3v) is 3.18. The number of aromatic nitrogens is 1. The molecule has 0 atom stereocenters. The van der Waals surface area contributed by atoms with E-state index in [0.29, 0.717) is 11.6 Å². The van der Waals surface area contributed by atoms with Gasteiger partial charge in [0, 0.05) is 30.3 Å². The van der Waals surface area contributed by atoms with E-state index in [9.17, 15) is 4.79 Å². The van der Waals surface area contributed by atoms with E-state index in [1.807, 2.05) is 42.0 Å². The number of carbonyl (C=O) groups excluding carboxylic acids is 1. The second kappa shape index (κ2) is 4.80. The summed E-state index contributed by atoms with van der Waals surface area (Å²) in [5.74, 6) is 0.102. The maximum absolute atomic E-state index is 11.8. The molecule has 0 radical (unpaired) electrons. The van der Waals surface area contributed by atoms with E-state index in [-0.39, 0.29) is 5.91 Å². The largest absolute Gasteiger partial charge is 0.344 e. The molecule has 17 heavy (non-hydrogen) atoms. The molecule has 0 bridgehead atoms. The summed E-state index contributed by atoms with van der Waals surface area (Å²) in [6.45, 7) is 3.04. The van der Waals surface area contributed by atoms with Crippen molar-refractivity contribution in [3.63, 3.8) is 0 Å². The lowest BCUT2D eigenvalue weighted by Crippen LogP contribution is -2.29. The Morgan fingerprint density at radius 2 is 2.18 bits per heavy atom. The average molecular weight is 251 g/mol. The van der Waals surface area contributed by atoms with Crippen LogP contribution in [0.3, 0.4) is 0 Å². The maximum Gasteiger partial charge on any atom is 0.242 e. The van der Waals surface area contributed by atoms with E-state index in [1.165, 1.54) is 0 Å². The minimum absolute atomic E-state index is 0.102. The van der Waals surface area contributed by atoms with Gasteiger partial charge in [0.2, 0.25) is 5.91 Å². The summed E-state index contributed by atoms with van der Waals surface area (Å²) in [4.78, 5) is 13.5. The highest BCUT2D eigenvalue weighted by Gasteiger charge is 2.09. The van der Waals surface area contributed by atoms with Crippen molar-refractivity contribution in [2.75, 3.05) is 13.6 Å². The summed E-state index contributed by atoms with van der Waals surface area (Å²) in [6.07, 6.45) is 1.92. The number of nitrogens with zero attached hydrogens (tertiary/aromatic N) is 2. The first-order valence-electron chi connectivity index (χ1n) is 5.60. The molecule has 0 fully saturated rings. The van der Waals surface area contributed by atoms with Crippen LogP contribution < -0.4 is 0 Å². The van der Waals surface area contributed by atoms with Crippen LogP contribution in [0, 0.1) is 0 Å². The number of fused-ring (bicyclic) bond motifs is 1. The van der Waals surface area contributed by atoms with Crippen molar-refractivity contribution in [2.24, 2.45) is 0 Å². The van der Waals surface area contributed by atoms with Crippen molar-refractivity contribution in [3.05, 3.63) is 35.5 Å². The molecule has 1 aromatic carbocycles. The monoisotopic (exact) mass is 250 g/mol. The third-order valence-electron chi connectivity index (χ3n) is 2.94. The number of halogens is 1. The Kier molecular flexibility index (Phi) is 3.38. The minimum atomic E-state index is 0.102. The van der Waals surface area contributed by atoms with E-state index in [2.05, 4.69) is 0 Å². The minimum Gasteiger partial charge on any atom is -0.344 e. The van der Waals surface area contributed by atoms with Gasteiger partial charge in [-0.2, -0.15) is 0 Å². The molecule has 3 nitrogen and oxygen atoms in total. The van der Waals surface area contributed by atoms with Gasteiger partial charge in [-0.05, 0) is 30.5 Å². The van der Waals surface area contributed by atoms with Crippen LogP contribution in [0.4, 0.5) is 0 Å². The Balaban J connectivity index is 2.30. The third kappa shape index (κ3) is 2.44. The number of amides is 1. The van der Waals surface area contributed by atoms with Crippen molar-refractivity contribution in [3.8, 4) is 0 Å². The van der Waals surface area contributed by atoms with Crippen LogP contribution in [0.15, 0.2) is 30.5 Å². The zero-order valence-electron chi connectivity index (χ0n) is 9.98. The Bertz CT molecular complexity index is 547. The number of hydrogen-bond acceptors (Lipinski definition) is 1. The van der Waals surface area contributed by atoms with E-state index in [4.69, 9.17) is 11.6 Å². The molecule has 1 heterocycles. The SMILES string of the molecule is CCN(C)C(=O)Cn1ccc2ccc(Cl)cc21. The van der Waals surface area contributed by atoms with Crippen LogP contribution in [0.2, 0.25) is 5.02 Å². The quantitative estimate of drug-likeness (QED) is 0.822. The maximum atomic E-state index is 11.8. The molecular formula is C13H15ClN2O. The molecule has 4 heteroatoms. The van der Waals surface area contributed by atoms with Gasteiger partial charge in [0.15, 0.2) is 0 Å². The molecule has 1 aromatic heterocycles. The second-order valence-electron chi connectivity index (χ2n) is 4.05. The zero-order valence-corrected chi connectivity index (χ0v) is 10.7. The summed E-state index contributed by atoms with van der Waals surface area (Å²) < 4.78 is 1.93. The first kappa shape index (κ1) is 12.0. The van der Waals surface area contributed by atoms with Crippen LogP contribution in [0.25, 0.3) is 10.9 Å². The zero-order chi connectivity index (χ0) is 12.4. The molecule has 0 N–H and O–H groups in total. The lowest BCUT2D eigenvalue weighted by Gasteiger charge is -2.15. The van der Waals surface area contributed by atoms with Gasteiger partial charge in [-0.1, -0.05) is 17.7 Å². The van der Waals surface area contributed by atoms with E-state index in [1.54, 1.807) is 11.9 Å². The number of carbonyl (C=O) groups is 1. The van der Waals surface area contributed by atoms with Gasteiger partial charge in [0.05, 0.1) is 0 Å². The number of rotatable bonds is 3. The fraction of sp³-hybridized carbons (Fsp3) is 0.308. The van der Waals surface area contributed by atoms with Gasteiger partial charge in [0.25, 0.3) is 0 Å². The normalized spacial score (nSPS) is 10.8. The number of likely N-dealkylation sites (N-methyl/N-ethyl adjacent to an activating group) is 1. The van der Waals surface area contributed by atoms with Crippen molar-refractivity contribution < 1.29 is 4.79 Å². The van der Waals surface area contributed by atoms with Crippen LogP contribution in [-0.2, 0) is 11.3 Å². The summed E-state index contributed by atoms with van der Waals surface area (Å²) in [5.41, 5.74) is 0.996. The fourth-order valence-corrected chi connectivity index (χ4v) is 1.90. The highest BCUT2D eigenvalue weighted by molar-refractivity contribution is 6.31. The Morgan fingerprint density at radius 3 is 2.88 bits per heavy atom. The predicted octanol–water partition coefficient (Wildman–Crippen LogP) is 2.77. The Labute approximate surface area is 106 Å². The summed E-state index contributed by atoms with van der Waals surface area (Å²) in [6, 6.07) is 7.69. The Hall–Kier alpha value is -1.48. The van der Waals surface area contributed by atoms with Crippen molar-refractivity contribution in [1.82, 2.24) is 9.47 Å². The topological polar surface area (TPSA) is 25.2 Å². The molecule has 1 amide bonds. The molecule has 2 aromatic rings. The van der Waals surface area contributed by atoms with Gasteiger partial charge in [-0.15, -0.1) is 0 Å². The first-order chi connectivity index (χ1) is 8.11. The average Bonchev–Trinajstić information content (AvgIpc) is 2.71. The molecule has 0 saturated heterocycles. The molecule has 0 aliphatic rings. The second-order valence-corrected chi connectivity index (χ2v) is 4.49. The standard InChI is InChI=1S/C13H15ClN2O/c1-3-15(2)13(17)9-16-7-6-10-4-5-11(14)8-12(10)16/h4-8H,3,9H2,1-2H3. The van der Waals surface area contributed by atoms with Gasteiger partial charge in [-0.25, -0.2) is 0 Å². The van der Waals surface area contributed by atoms with Crippen LogP contribution in [-0.4, -0.2) is 29.0 Å². The number of benzene rings is 1. The summed E-state index contributed by atoms with van der Waals surface area (Å²) in [5, 5.41) is 1.79. The molecule has 0 unspecified atom stereocenters. The molecule has 2 rings (SSSR count). The summed E-state index contributed by atoms with van der Waals surface area (Å²) >= 11 is 5.97. The van der Waals surface area contributed by atoms with Crippen molar-refractivity contribution in [1.29, 1.82) is 0 Å². The molecule has 90 valence electrons.